The molecule has 2 aromatic rings. The molecule has 2 heterocycles. The van der Waals surface area contributed by atoms with Crippen LogP contribution in [0.5, 0.6) is 0 Å². The number of oxazole rings is 1. The number of aromatic nitrogens is 1. The lowest BCUT2D eigenvalue weighted by Gasteiger charge is -2.16. The summed E-state index contributed by atoms with van der Waals surface area (Å²) < 4.78 is 5.61. The molecule has 4 rings (SSSR count). The maximum atomic E-state index is 6.19. The Hall–Kier alpha value is -1.65. The van der Waals surface area contributed by atoms with Crippen LogP contribution in [0.2, 0.25) is 0 Å². The van der Waals surface area contributed by atoms with Crippen LogP contribution in [-0.2, 0) is 6.54 Å². The predicted molar refractivity (Wildman–Crippen MR) is 81.4 cm³/mol. The molecule has 3 unspecified atom stereocenters. The zero-order valence-corrected chi connectivity index (χ0v) is 12.1. The van der Waals surface area contributed by atoms with Gasteiger partial charge in [-0.3, -0.25) is 4.90 Å². The van der Waals surface area contributed by atoms with Crippen molar-refractivity contribution in [2.24, 2.45) is 17.6 Å². The van der Waals surface area contributed by atoms with Crippen LogP contribution in [0.15, 0.2) is 41.0 Å². The molecule has 21 heavy (non-hydrogen) atoms. The number of likely N-dealkylation sites (tertiary alicyclic amines) is 1. The van der Waals surface area contributed by atoms with Crippen LogP contribution >= 0.6 is 0 Å². The van der Waals surface area contributed by atoms with Crippen molar-refractivity contribution in [2.45, 2.75) is 25.4 Å². The van der Waals surface area contributed by atoms with Gasteiger partial charge in [0.05, 0.1) is 5.69 Å². The Morgan fingerprint density at radius 3 is 2.86 bits per heavy atom. The van der Waals surface area contributed by atoms with Gasteiger partial charge in [0.2, 0.25) is 5.89 Å². The average Bonchev–Trinajstić information content (AvgIpc) is 3.19. The van der Waals surface area contributed by atoms with Crippen molar-refractivity contribution in [2.75, 3.05) is 13.1 Å². The van der Waals surface area contributed by atoms with E-state index < -0.39 is 0 Å². The van der Waals surface area contributed by atoms with Crippen LogP contribution in [0.3, 0.4) is 0 Å². The second-order valence-corrected chi connectivity index (χ2v) is 6.37. The molecule has 0 radical (unpaired) electrons. The number of hydrogen-bond donors (Lipinski definition) is 1. The lowest BCUT2D eigenvalue weighted by Crippen LogP contribution is -2.30. The maximum absolute atomic E-state index is 6.19. The molecule has 2 N–H and O–H groups in total. The van der Waals surface area contributed by atoms with Crippen LogP contribution in [0.1, 0.15) is 18.5 Å². The third-order valence-electron chi connectivity index (χ3n) is 4.95. The minimum atomic E-state index is 0.400. The maximum Gasteiger partial charge on any atom is 0.226 e. The highest BCUT2D eigenvalue weighted by atomic mass is 16.3. The summed E-state index contributed by atoms with van der Waals surface area (Å²) in [4.78, 5) is 7.09. The van der Waals surface area contributed by atoms with E-state index in [4.69, 9.17) is 10.2 Å². The van der Waals surface area contributed by atoms with Gasteiger partial charge in [0.1, 0.15) is 6.26 Å². The van der Waals surface area contributed by atoms with Crippen LogP contribution in [0.25, 0.3) is 11.5 Å². The fourth-order valence-electron chi connectivity index (χ4n) is 3.85. The Morgan fingerprint density at radius 2 is 2.05 bits per heavy atom. The molecule has 1 saturated heterocycles. The monoisotopic (exact) mass is 283 g/mol. The highest BCUT2D eigenvalue weighted by Gasteiger charge is 2.40. The average molecular weight is 283 g/mol. The molecule has 1 saturated carbocycles. The molecule has 0 bridgehead atoms. The van der Waals surface area contributed by atoms with Gasteiger partial charge < -0.3 is 10.2 Å². The summed E-state index contributed by atoms with van der Waals surface area (Å²) in [5.41, 5.74) is 8.24. The van der Waals surface area contributed by atoms with E-state index in [1.165, 1.54) is 12.8 Å². The number of benzene rings is 1. The first-order valence-corrected chi connectivity index (χ1v) is 7.77. The zero-order valence-electron chi connectivity index (χ0n) is 12.1. The van der Waals surface area contributed by atoms with Crippen molar-refractivity contribution < 1.29 is 4.42 Å². The van der Waals surface area contributed by atoms with Crippen LogP contribution in [0, 0.1) is 11.8 Å². The third kappa shape index (κ3) is 2.49. The van der Waals surface area contributed by atoms with E-state index in [0.717, 1.165) is 36.8 Å². The molecule has 0 amide bonds. The van der Waals surface area contributed by atoms with Crippen molar-refractivity contribution in [1.82, 2.24) is 9.88 Å². The first-order chi connectivity index (χ1) is 10.3. The van der Waals surface area contributed by atoms with Gasteiger partial charge in [-0.2, -0.15) is 0 Å². The Kier molecular flexibility index (Phi) is 3.28. The predicted octanol–water partition coefficient (Wildman–Crippen LogP) is 2.51. The topological polar surface area (TPSA) is 55.3 Å². The van der Waals surface area contributed by atoms with Crippen molar-refractivity contribution >= 4 is 0 Å². The van der Waals surface area contributed by atoms with E-state index in [2.05, 4.69) is 9.88 Å². The van der Waals surface area contributed by atoms with E-state index in [0.29, 0.717) is 17.9 Å². The Balaban J connectivity index is 1.44. The second-order valence-electron chi connectivity index (χ2n) is 6.37. The number of nitrogens with zero attached hydrogens (tertiary/aromatic N) is 2. The quantitative estimate of drug-likeness (QED) is 0.940. The van der Waals surface area contributed by atoms with Gasteiger partial charge in [-0.15, -0.1) is 0 Å². The highest BCUT2D eigenvalue weighted by Crippen LogP contribution is 2.37. The summed E-state index contributed by atoms with van der Waals surface area (Å²) in [6.45, 7) is 3.14. The fourth-order valence-corrected chi connectivity index (χ4v) is 3.85. The fraction of sp³-hybridized carbons (Fsp3) is 0.471. The molecule has 1 aliphatic heterocycles. The Morgan fingerprint density at radius 1 is 1.19 bits per heavy atom. The largest absolute Gasteiger partial charge is 0.444 e. The number of nitrogens with two attached hydrogens (primary N) is 1. The van der Waals surface area contributed by atoms with Crippen LogP contribution in [0.4, 0.5) is 0 Å². The van der Waals surface area contributed by atoms with Gasteiger partial charge in [0.25, 0.3) is 0 Å². The van der Waals surface area contributed by atoms with E-state index in [-0.39, 0.29) is 0 Å². The lowest BCUT2D eigenvalue weighted by atomic mass is 9.98. The van der Waals surface area contributed by atoms with E-state index in [1.807, 2.05) is 30.3 Å². The van der Waals surface area contributed by atoms with Gasteiger partial charge in [0.15, 0.2) is 0 Å². The molecule has 4 heteroatoms. The van der Waals surface area contributed by atoms with E-state index in [9.17, 15) is 0 Å². The first-order valence-electron chi connectivity index (χ1n) is 7.77. The minimum Gasteiger partial charge on any atom is -0.444 e. The smallest absolute Gasteiger partial charge is 0.226 e. The normalized spacial score (nSPS) is 28.9. The molecule has 110 valence electrons. The molecule has 1 aromatic heterocycles. The van der Waals surface area contributed by atoms with Crippen LogP contribution < -0.4 is 5.73 Å². The second kappa shape index (κ2) is 5.28. The SMILES string of the molecule is NC1CCC2CN(Cc3coc(-c4ccccc4)n3)CC12. The summed E-state index contributed by atoms with van der Waals surface area (Å²) in [5.74, 6) is 2.19. The first kappa shape index (κ1) is 13.0. The van der Waals surface area contributed by atoms with Crippen molar-refractivity contribution in [3.8, 4) is 11.5 Å². The Labute approximate surface area is 125 Å². The molecule has 3 atom stereocenters. The highest BCUT2D eigenvalue weighted by molar-refractivity contribution is 5.52. The summed E-state index contributed by atoms with van der Waals surface area (Å²) in [6.07, 6.45) is 4.28. The molecular weight excluding hydrogens is 262 g/mol. The summed E-state index contributed by atoms with van der Waals surface area (Å²) in [6, 6.07) is 10.4. The molecule has 1 aromatic carbocycles. The minimum absolute atomic E-state index is 0.400. The Bertz CT molecular complexity index is 610. The van der Waals surface area contributed by atoms with Gasteiger partial charge in [0, 0.05) is 31.2 Å². The molecule has 0 spiro atoms. The molecule has 1 aliphatic carbocycles. The number of hydrogen-bond acceptors (Lipinski definition) is 4. The zero-order chi connectivity index (χ0) is 14.2. The molecule has 4 nitrogen and oxygen atoms in total. The van der Waals surface area contributed by atoms with Crippen molar-refractivity contribution in [1.29, 1.82) is 0 Å². The number of fused-ring (bicyclic) bond motifs is 1. The van der Waals surface area contributed by atoms with Crippen LogP contribution in [-0.4, -0.2) is 29.0 Å². The van der Waals surface area contributed by atoms with E-state index >= 15 is 0 Å². The summed E-state index contributed by atoms with van der Waals surface area (Å²) in [5, 5.41) is 0. The summed E-state index contributed by atoms with van der Waals surface area (Å²) in [7, 11) is 0. The van der Waals surface area contributed by atoms with E-state index in [1.54, 1.807) is 6.26 Å². The lowest BCUT2D eigenvalue weighted by molar-refractivity contribution is 0.294. The van der Waals surface area contributed by atoms with Crippen molar-refractivity contribution in [3.63, 3.8) is 0 Å². The van der Waals surface area contributed by atoms with Gasteiger partial charge >= 0.3 is 0 Å². The molecular formula is C17H21N3O. The van der Waals surface area contributed by atoms with Gasteiger partial charge in [-0.05, 0) is 36.8 Å². The van der Waals surface area contributed by atoms with Crippen molar-refractivity contribution in [3.05, 3.63) is 42.3 Å². The van der Waals surface area contributed by atoms with Gasteiger partial charge in [-0.1, -0.05) is 18.2 Å². The standard InChI is InChI=1S/C17H21N3O/c18-16-7-6-13-8-20(10-15(13)16)9-14-11-21-17(19-14)12-4-2-1-3-5-12/h1-5,11,13,15-16H,6-10,18H2. The molecule has 2 aliphatic rings. The van der Waals surface area contributed by atoms with Gasteiger partial charge in [-0.25, -0.2) is 4.98 Å². The third-order valence-corrected chi connectivity index (χ3v) is 4.95. The summed E-state index contributed by atoms with van der Waals surface area (Å²) >= 11 is 0. The molecule has 2 fully saturated rings. The number of rotatable bonds is 3.